The van der Waals surface area contributed by atoms with Gasteiger partial charge in [-0.15, -0.1) is 11.6 Å². The molecule has 21 heavy (non-hydrogen) atoms. The molecule has 0 bridgehead atoms. The molecule has 4 heteroatoms. The number of carbonyl (C=O) groups excluding carboxylic acids is 1. The molecule has 0 radical (unpaired) electrons. The molecule has 0 saturated carbocycles. The smallest absolute Gasteiger partial charge is 0.179 e. The number of halogens is 1. The summed E-state index contributed by atoms with van der Waals surface area (Å²) < 4.78 is 7.65. The van der Waals surface area contributed by atoms with Crippen molar-refractivity contribution in [3.8, 4) is 11.4 Å². The zero-order chi connectivity index (χ0) is 15.4. The van der Waals surface area contributed by atoms with Crippen molar-refractivity contribution < 1.29 is 9.53 Å². The molecule has 0 spiro atoms. The van der Waals surface area contributed by atoms with Gasteiger partial charge in [0.1, 0.15) is 5.75 Å². The van der Waals surface area contributed by atoms with Crippen molar-refractivity contribution in [3.63, 3.8) is 0 Å². The van der Waals surface area contributed by atoms with Crippen LogP contribution in [0.1, 0.15) is 35.1 Å². The van der Waals surface area contributed by atoms with Gasteiger partial charge < -0.3 is 9.30 Å². The van der Waals surface area contributed by atoms with E-state index in [-0.39, 0.29) is 11.7 Å². The van der Waals surface area contributed by atoms with Crippen LogP contribution < -0.4 is 4.74 Å². The van der Waals surface area contributed by atoms with Gasteiger partial charge in [0.05, 0.1) is 12.5 Å². The van der Waals surface area contributed by atoms with Gasteiger partial charge in [-0.05, 0) is 50.6 Å². The van der Waals surface area contributed by atoms with E-state index in [0.717, 1.165) is 35.9 Å². The molecule has 1 aromatic carbocycles. The van der Waals surface area contributed by atoms with E-state index in [1.165, 1.54) is 0 Å². The molecule has 0 amide bonds. The van der Waals surface area contributed by atoms with Crippen molar-refractivity contribution in [2.45, 2.75) is 27.2 Å². The summed E-state index contributed by atoms with van der Waals surface area (Å²) in [7, 11) is 0. The Balaban J connectivity index is 2.34. The second-order valence-electron chi connectivity index (χ2n) is 5.02. The number of hydrogen-bond donors (Lipinski definition) is 0. The lowest BCUT2D eigenvalue weighted by Gasteiger charge is -2.11. The minimum Gasteiger partial charge on any atom is -0.494 e. The van der Waals surface area contributed by atoms with Gasteiger partial charge in [0.25, 0.3) is 0 Å². The molecule has 3 nitrogen and oxygen atoms in total. The number of ether oxygens (including phenoxy) is 1. The third kappa shape index (κ3) is 3.30. The van der Waals surface area contributed by atoms with Crippen LogP contribution in [0, 0.1) is 13.8 Å². The Morgan fingerprint density at radius 3 is 2.48 bits per heavy atom. The van der Waals surface area contributed by atoms with Gasteiger partial charge in [0.2, 0.25) is 0 Å². The first-order valence-electron chi connectivity index (χ1n) is 7.09. The van der Waals surface area contributed by atoms with E-state index in [1.807, 2.05) is 44.2 Å². The fourth-order valence-corrected chi connectivity index (χ4v) is 2.57. The van der Waals surface area contributed by atoms with Crippen molar-refractivity contribution in [3.05, 3.63) is 47.3 Å². The standard InChI is InChI=1S/C17H20ClNO2/c1-4-9-21-15-7-5-14(6-8-15)19-12(2)10-16(13(19)3)17(20)11-18/h5-8,10H,4,9,11H2,1-3H3. The number of benzene rings is 1. The van der Waals surface area contributed by atoms with E-state index in [0.29, 0.717) is 5.56 Å². The van der Waals surface area contributed by atoms with Gasteiger partial charge in [0, 0.05) is 22.6 Å². The maximum atomic E-state index is 11.8. The normalized spacial score (nSPS) is 10.7. The van der Waals surface area contributed by atoms with E-state index in [2.05, 4.69) is 11.5 Å². The summed E-state index contributed by atoms with van der Waals surface area (Å²) in [5, 5.41) is 0. The van der Waals surface area contributed by atoms with Crippen LogP contribution >= 0.6 is 11.6 Å². The fourth-order valence-electron chi connectivity index (χ4n) is 2.43. The van der Waals surface area contributed by atoms with Gasteiger partial charge >= 0.3 is 0 Å². The van der Waals surface area contributed by atoms with Crippen molar-refractivity contribution in [1.29, 1.82) is 0 Å². The molecule has 1 aromatic heterocycles. The Kier molecular flexibility index (Phi) is 5.07. The van der Waals surface area contributed by atoms with Crippen LogP contribution in [-0.4, -0.2) is 22.8 Å². The number of ketones is 1. The number of nitrogens with zero attached hydrogens (tertiary/aromatic N) is 1. The molecule has 0 fully saturated rings. The summed E-state index contributed by atoms with van der Waals surface area (Å²) in [5.74, 6) is 0.827. The maximum absolute atomic E-state index is 11.8. The second-order valence-corrected chi connectivity index (χ2v) is 5.29. The summed E-state index contributed by atoms with van der Waals surface area (Å²) in [4.78, 5) is 11.8. The minimum atomic E-state index is -0.0427. The molecule has 1 heterocycles. The van der Waals surface area contributed by atoms with Crippen LogP contribution in [-0.2, 0) is 0 Å². The average Bonchev–Trinajstić information content (AvgIpc) is 2.80. The maximum Gasteiger partial charge on any atom is 0.179 e. The molecule has 2 rings (SSSR count). The monoisotopic (exact) mass is 305 g/mol. The van der Waals surface area contributed by atoms with Crippen molar-refractivity contribution >= 4 is 17.4 Å². The predicted octanol–water partition coefficient (Wildman–Crippen LogP) is 4.30. The summed E-state index contributed by atoms with van der Waals surface area (Å²) in [5.41, 5.74) is 3.64. The largest absolute Gasteiger partial charge is 0.494 e. The fraction of sp³-hybridized carbons (Fsp3) is 0.353. The highest BCUT2D eigenvalue weighted by Gasteiger charge is 2.15. The zero-order valence-electron chi connectivity index (χ0n) is 12.6. The summed E-state index contributed by atoms with van der Waals surface area (Å²) >= 11 is 5.66. The lowest BCUT2D eigenvalue weighted by atomic mass is 10.2. The third-order valence-electron chi connectivity index (χ3n) is 3.42. The van der Waals surface area contributed by atoms with E-state index >= 15 is 0 Å². The molecule has 112 valence electrons. The molecular formula is C17H20ClNO2. The van der Waals surface area contributed by atoms with Crippen LogP contribution in [0.25, 0.3) is 5.69 Å². The number of rotatable bonds is 6. The van der Waals surface area contributed by atoms with E-state index in [9.17, 15) is 4.79 Å². The molecule has 0 unspecified atom stereocenters. The zero-order valence-corrected chi connectivity index (χ0v) is 13.4. The summed E-state index contributed by atoms with van der Waals surface area (Å²) in [6, 6.07) is 9.79. The molecular weight excluding hydrogens is 286 g/mol. The topological polar surface area (TPSA) is 31.2 Å². The molecule has 0 saturated heterocycles. The Morgan fingerprint density at radius 1 is 1.24 bits per heavy atom. The molecule has 0 N–H and O–H groups in total. The first kappa shape index (κ1) is 15.6. The molecule has 0 aliphatic carbocycles. The number of hydrogen-bond acceptors (Lipinski definition) is 2. The average molecular weight is 306 g/mol. The van der Waals surface area contributed by atoms with Gasteiger partial charge in [-0.25, -0.2) is 0 Å². The number of aryl methyl sites for hydroxylation is 1. The third-order valence-corrected chi connectivity index (χ3v) is 3.66. The van der Waals surface area contributed by atoms with E-state index in [4.69, 9.17) is 16.3 Å². The Morgan fingerprint density at radius 2 is 1.90 bits per heavy atom. The Bertz CT molecular complexity index is 629. The summed E-state index contributed by atoms with van der Waals surface area (Å²) in [6.07, 6.45) is 0.988. The molecule has 0 aliphatic rings. The van der Waals surface area contributed by atoms with E-state index in [1.54, 1.807) is 0 Å². The first-order valence-corrected chi connectivity index (χ1v) is 7.63. The first-order chi connectivity index (χ1) is 10.1. The number of aromatic nitrogens is 1. The summed E-state index contributed by atoms with van der Waals surface area (Å²) in [6.45, 7) is 6.72. The molecule has 2 aromatic rings. The SMILES string of the molecule is CCCOc1ccc(-n2c(C)cc(C(=O)CCl)c2C)cc1. The highest BCUT2D eigenvalue weighted by atomic mass is 35.5. The number of Topliss-reactive ketones (excluding diaryl/α,β-unsaturated/α-hetero) is 1. The quantitative estimate of drug-likeness (QED) is 0.588. The second kappa shape index (κ2) is 6.81. The number of carbonyl (C=O) groups is 1. The lowest BCUT2D eigenvalue weighted by Crippen LogP contribution is -2.04. The van der Waals surface area contributed by atoms with Gasteiger partial charge in [0.15, 0.2) is 5.78 Å². The van der Waals surface area contributed by atoms with Gasteiger partial charge in [-0.1, -0.05) is 6.92 Å². The van der Waals surface area contributed by atoms with Gasteiger partial charge in [-0.3, -0.25) is 4.79 Å². The predicted molar refractivity (Wildman–Crippen MR) is 86.1 cm³/mol. The lowest BCUT2D eigenvalue weighted by molar-refractivity contribution is 0.102. The molecule has 0 atom stereocenters. The van der Waals surface area contributed by atoms with Crippen LogP contribution in [0.4, 0.5) is 0 Å². The Hall–Kier alpha value is -1.74. The minimum absolute atomic E-state index is 0.00802. The highest BCUT2D eigenvalue weighted by Crippen LogP contribution is 2.23. The highest BCUT2D eigenvalue weighted by molar-refractivity contribution is 6.30. The number of alkyl halides is 1. The molecule has 0 aliphatic heterocycles. The van der Waals surface area contributed by atoms with Crippen LogP contribution in [0.2, 0.25) is 0 Å². The van der Waals surface area contributed by atoms with Crippen LogP contribution in [0.5, 0.6) is 5.75 Å². The van der Waals surface area contributed by atoms with Crippen molar-refractivity contribution in [1.82, 2.24) is 4.57 Å². The van der Waals surface area contributed by atoms with Gasteiger partial charge in [-0.2, -0.15) is 0 Å². The van der Waals surface area contributed by atoms with Crippen molar-refractivity contribution in [2.75, 3.05) is 12.5 Å². The Labute approximate surface area is 130 Å². The van der Waals surface area contributed by atoms with Crippen LogP contribution in [0.15, 0.2) is 30.3 Å². The van der Waals surface area contributed by atoms with Crippen molar-refractivity contribution in [2.24, 2.45) is 0 Å². The van der Waals surface area contributed by atoms with E-state index < -0.39 is 0 Å². The van der Waals surface area contributed by atoms with Crippen LogP contribution in [0.3, 0.4) is 0 Å².